The maximum Gasteiger partial charge on any atom is 0.238 e. The number of carbonyl (C=O) groups is 1. The third kappa shape index (κ3) is 3.84. The molecule has 24 heavy (non-hydrogen) atoms. The lowest BCUT2D eigenvalue weighted by Gasteiger charge is -2.32. The van der Waals surface area contributed by atoms with Gasteiger partial charge in [-0.25, -0.2) is 4.39 Å². The number of rotatable bonds is 4. The van der Waals surface area contributed by atoms with Crippen molar-refractivity contribution >= 4 is 27.5 Å². The molecule has 2 aromatic carbocycles. The summed E-state index contributed by atoms with van der Waals surface area (Å²) in [6, 6.07) is 13.3. The fraction of sp³-hybridized carbons (Fsp3) is 0.316. The molecule has 1 atom stereocenters. The second kappa shape index (κ2) is 7.45. The van der Waals surface area contributed by atoms with Gasteiger partial charge in [-0.15, -0.1) is 0 Å². The zero-order chi connectivity index (χ0) is 17.1. The van der Waals surface area contributed by atoms with Crippen molar-refractivity contribution in [2.24, 2.45) is 0 Å². The summed E-state index contributed by atoms with van der Waals surface area (Å²) in [7, 11) is 1.95. The molecule has 5 heteroatoms. The number of halogens is 2. The van der Waals surface area contributed by atoms with E-state index in [1.807, 2.05) is 18.0 Å². The molecule has 0 unspecified atom stereocenters. The van der Waals surface area contributed by atoms with Gasteiger partial charge >= 0.3 is 0 Å². The molecule has 0 heterocycles. The third-order valence-corrected chi connectivity index (χ3v) is 4.96. The molecule has 0 radical (unpaired) electrons. The fourth-order valence-electron chi connectivity index (χ4n) is 3.30. The van der Waals surface area contributed by atoms with Crippen LogP contribution in [0.25, 0.3) is 0 Å². The van der Waals surface area contributed by atoms with Crippen LogP contribution in [-0.2, 0) is 11.2 Å². The minimum Gasteiger partial charge on any atom is -0.322 e. The Hall–Kier alpha value is -1.72. The van der Waals surface area contributed by atoms with E-state index < -0.39 is 5.82 Å². The number of aryl methyl sites for hydroxylation is 1. The average molecular weight is 391 g/mol. The molecule has 0 fully saturated rings. The first kappa shape index (κ1) is 17.1. The van der Waals surface area contributed by atoms with Gasteiger partial charge in [0, 0.05) is 10.5 Å². The zero-order valence-electron chi connectivity index (χ0n) is 13.6. The molecule has 1 N–H and O–H groups in total. The molecule has 3 rings (SSSR count). The van der Waals surface area contributed by atoms with E-state index in [1.165, 1.54) is 17.2 Å². The van der Waals surface area contributed by atoms with Crippen LogP contribution < -0.4 is 5.32 Å². The van der Waals surface area contributed by atoms with E-state index in [4.69, 9.17) is 0 Å². The number of hydrogen-bond acceptors (Lipinski definition) is 2. The summed E-state index contributed by atoms with van der Waals surface area (Å²) in [4.78, 5) is 14.3. The predicted molar refractivity (Wildman–Crippen MR) is 97.5 cm³/mol. The monoisotopic (exact) mass is 390 g/mol. The van der Waals surface area contributed by atoms with Crippen LogP contribution in [0.4, 0.5) is 10.1 Å². The van der Waals surface area contributed by atoms with Crippen LogP contribution in [0.1, 0.15) is 30.0 Å². The van der Waals surface area contributed by atoms with Crippen molar-refractivity contribution in [1.29, 1.82) is 0 Å². The van der Waals surface area contributed by atoms with Crippen molar-refractivity contribution in [3.05, 3.63) is 63.9 Å². The number of anilines is 1. The normalized spacial score (nSPS) is 16.8. The van der Waals surface area contributed by atoms with E-state index >= 15 is 0 Å². The summed E-state index contributed by atoms with van der Waals surface area (Å²) in [6.07, 6.45) is 3.25. The van der Waals surface area contributed by atoms with E-state index in [9.17, 15) is 9.18 Å². The minimum atomic E-state index is -0.441. The van der Waals surface area contributed by atoms with Crippen molar-refractivity contribution in [1.82, 2.24) is 4.90 Å². The first-order valence-electron chi connectivity index (χ1n) is 8.07. The van der Waals surface area contributed by atoms with Gasteiger partial charge in [-0.05, 0) is 55.6 Å². The number of carbonyl (C=O) groups excluding carboxylic acids is 1. The standard InChI is InChI=1S/C19H20BrFN2O/c1-23(18-8-4-6-13-5-2-3-7-15(13)18)12-19(24)22-17-10-9-14(20)11-16(17)21/h2-3,5,7,9-11,18H,4,6,8,12H2,1H3,(H,22,24)/t18-/m1/s1. The number of amides is 1. The van der Waals surface area contributed by atoms with Crippen molar-refractivity contribution in [2.45, 2.75) is 25.3 Å². The van der Waals surface area contributed by atoms with Gasteiger partial charge in [0.05, 0.1) is 12.2 Å². The maximum atomic E-state index is 13.8. The highest BCUT2D eigenvalue weighted by Crippen LogP contribution is 2.33. The van der Waals surface area contributed by atoms with E-state index in [0.29, 0.717) is 4.47 Å². The Kier molecular flexibility index (Phi) is 5.31. The first-order chi connectivity index (χ1) is 11.5. The number of benzene rings is 2. The van der Waals surface area contributed by atoms with Crippen molar-refractivity contribution in [2.75, 3.05) is 18.9 Å². The molecule has 0 aromatic heterocycles. The molecule has 1 amide bonds. The summed E-state index contributed by atoms with van der Waals surface area (Å²) in [5.41, 5.74) is 2.87. The van der Waals surface area contributed by atoms with Gasteiger partial charge in [0.25, 0.3) is 0 Å². The highest BCUT2D eigenvalue weighted by atomic mass is 79.9. The Morgan fingerprint density at radius 1 is 1.33 bits per heavy atom. The Morgan fingerprint density at radius 3 is 2.92 bits per heavy atom. The number of fused-ring (bicyclic) bond motifs is 1. The second-order valence-corrected chi connectivity index (χ2v) is 7.11. The Balaban J connectivity index is 1.67. The van der Waals surface area contributed by atoms with Gasteiger partial charge in [-0.1, -0.05) is 40.2 Å². The molecular weight excluding hydrogens is 371 g/mol. The molecule has 0 saturated carbocycles. The molecule has 3 nitrogen and oxygen atoms in total. The number of nitrogens with zero attached hydrogens (tertiary/aromatic N) is 1. The van der Waals surface area contributed by atoms with Crippen LogP contribution in [0, 0.1) is 5.82 Å². The summed E-state index contributed by atoms with van der Waals surface area (Å²) in [5, 5.41) is 2.65. The lowest BCUT2D eigenvalue weighted by molar-refractivity contribution is -0.117. The predicted octanol–water partition coefficient (Wildman–Crippen LogP) is 4.54. The lowest BCUT2D eigenvalue weighted by Crippen LogP contribution is -2.35. The van der Waals surface area contributed by atoms with Gasteiger partial charge in [0.1, 0.15) is 5.82 Å². The van der Waals surface area contributed by atoms with Crippen molar-refractivity contribution in [3.8, 4) is 0 Å². The van der Waals surface area contributed by atoms with Gasteiger partial charge in [0.15, 0.2) is 0 Å². The third-order valence-electron chi connectivity index (χ3n) is 4.47. The summed E-state index contributed by atoms with van der Waals surface area (Å²) in [5.74, 6) is -0.648. The van der Waals surface area contributed by atoms with Gasteiger partial charge in [0.2, 0.25) is 5.91 Å². The molecule has 0 bridgehead atoms. The maximum absolute atomic E-state index is 13.8. The van der Waals surface area contributed by atoms with Crippen molar-refractivity contribution in [3.63, 3.8) is 0 Å². The van der Waals surface area contributed by atoms with E-state index in [2.05, 4.69) is 39.4 Å². The summed E-state index contributed by atoms with van der Waals surface area (Å²) in [6.45, 7) is 0.231. The lowest BCUT2D eigenvalue weighted by atomic mass is 9.87. The Labute approximate surface area is 150 Å². The molecule has 1 aliphatic carbocycles. The quantitative estimate of drug-likeness (QED) is 0.830. The largest absolute Gasteiger partial charge is 0.322 e. The fourth-order valence-corrected chi connectivity index (χ4v) is 3.64. The Bertz CT molecular complexity index is 750. The molecule has 2 aromatic rings. The second-order valence-electron chi connectivity index (χ2n) is 6.19. The number of nitrogens with one attached hydrogen (secondary N) is 1. The molecule has 0 aliphatic heterocycles. The van der Waals surface area contributed by atoms with Crippen LogP contribution in [-0.4, -0.2) is 24.4 Å². The topological polar surface area (TPSA) is 32.3 Å². The van der Waals surface area contributed by atoms with Crippen molar-refractivity contribution < 1.29 is 9.18 Å². The number of hydrogen-bond donors (Lipinski definition) is 1. The summed E-state index contributed by atoms with van der Waals surface area (Å²) >= 11 is 3.21. The van der Waals surface area contributed by atoms with Gasteiger partial charge in [-0.3, -0.25) is 9.69 Å². The van der Waals surface area contributed by atoms with E-state index in [1.54, 1.807) is 12.1 Å². The van der Waals surface area contributed by atoms with Gasteiger partial charge in [-0.2, -0.15) is 0 Å². The highest BCUT2D eigenvalue weighted by molar-refractivity contribution is 9.10. The van der Waals surface area contributed by atoms with Crippen LogP contribution in [0.5, 0.6) is 0 Å². The van der Waals surface area contributed by atoms with Crippen LogP contribution in [0.2, 0.25) is 0 Å². The Morgan fingerprint density at radius 2 is 2.12 bits per heavy atom. The highest BCUT2D eigenvalue weighted by Gasteiger charge is 2.24. The molecule has 0 spiro atoms. The molecule has 126 valence electrons. The number of likely N-dealkylation sites (N-methyl/N-ethyl adjacent to an activating group) is 1. The first-order valence-corrected chi connectivity index (χ1v) is 8.87. The van der Waals surface area contributed by atoms with Crippen LogP contribution >= 0.6 is 15.9 Å². The smallest absolute Gasteiger partial charge is 0.238 e. The zero-order valence-corrected chi connectivity index (χ0v) is 15.1. The molecular formula is C19H20BrFN2O. The van der Waals surface area contributed by atoms with E-state index in [-0.39, 0.29) is 24.2 Å². The van der Waals surface area contributed by atoms with Crippen LogP contribution in [0.15, 0.2) is 46.9 Å². The molecule has 1 aliphatic rings. The summed E-state index contributed by atoms with van der Waals surface area (Å²) < 4.78 is 14.5. The minimum absolute atomic E-state index is 0.207. The molecule has 0 saturated heterocycles. The van der Waals surface area contributed by atoms with E-state index in [0.717, 1.165) is 19.3 Å². The average Bonchev–Trinajstić information content (AvgIpc) is 2.57. The SMILES string of the molecule is CN(CC(=O)Nc1ccc(Br)cc1F)[C@@H]1CCCc2ccccc21. The van der Waals surface area contributed by atoms with Crippen LogP contribution in [0.3, 0.4) is 0 Å². The van der Waals surface area contributed by atoms with Gasteiger partial charge < -0.3 is 5.32 Å².